The van der Waals surface area contributed by atoms with E-state index >= 15 is 0 Å². The molecule has 0 saturated carbocycles. The first kappa shape index (κ1) is 6.05. The maximum atomic E-state index is 5.13. The maximum absolute atomic E-state index is 5.13. The zero-order chi connectivity index (χ0) is 5.98. The number of hydrogen-bond donors (Lipinski definition) is 0. The van der Waals surface area contributed by atoms with Crippen LogP contribution in [0.3, 0.4) is 0 Å². The molecule has 1 rings (SSSR count). The van der Waals surface area contributed by atoms with Gasteiger partial charge in [-0.05, 0) is 6.92 Å². The van der Waals surface area contributed by atoms with Crippen molar-refractivity contribution < 1.29 is 9.47 Å². The minimum Gasteiger partial charge on any atom is -0.350 e. The Morgan fingerprint density at radius 3 is 2.25 bits per heavy atom. The summed E-state index contributed by atoms with van der Waals surface area (Å²) < 4.78 is 10.3. The SMILES string of the molecule is [CH2]C(C)C1OCCO1. The highest BCUT2D eigenvalue weighted by Gasteiger charge is 2.18. The first-order valence-electron chi connectivity index (χ1n) is 2.87. The fourth-order valence-corrected chi connectivity index (χ4v) is 0.705. The van der Waals surface area contributed by atoms with Crippen LogP contribution < -0.4 is 0 Å². The molecule has 1 saturated heterocycles. The minimum absolute atomic E-state index is 0.0463. The molecule has 0 aliphatic carbocycles. The van der Waals surface area contributed by atoms with E-state index < -0.39 is 0 Å². The lowest BCUT2D eigenvalue weighted by Gasteiger charge is -2.10. The first-order chi connectivity index (χ1) is 3.80. The van der Waals surface area contributed by atoms with Gasteiger partial charge in [0.05, 0.1) is 13.2 Å². The Morgan fingerprint density at radius 1 is 1.50 bits per heavy atom. The molecule has 47 valence electrons. The first-order valence-corrected chi connectivity index (χ1v) is 2.87. The lowest BCUT2D eigenvalue weighted by atomic mass is 10.2. The van der Waals surface area contributed by atoms with Gasteiger partial charge in [0.2, 0.25) is 0 Å². The summed E-state index contributed by atoms with van der Waals surface area (Å²) in [6.07, 6.45) is -0.0463. The van der Waals surface area contributed by atoms with Gasteiger partial charge in [-0.1, -0.05) is 6.92 Å². The molecule has 0 N–H and O–H groups in total. The lowest BCUT2D eigenvalue weighted by molar-refractivity contribution is -0.0664. The van der Waals surface area contributed by atoms with Crippen molar-refractivity contribution in [3.63, 3.8) is 0 Å². The molecule has 0 amide bonds. The molecule has 1 radical (unpaired) electrons. The van der Waals surface area contributed by atoms with Crippen LogP contribution in [0.2, 0.25) is 0 Å². The van der Waals surface area contributed by atoms with Crippen LogP contribution >= 0.6 is 0 Å². The van der Waals surface area contributed by atoms with E-state index in [0.29, 0.717) is 0 Å². The minimum atomic E-state index is -0.0463. The molecule has 0 aromatic rings. The van der Waals surface area contributed by atoms with Gasteiger partial charge < -0.3 is 9.47 Å². The molecular weight excluding hydrogens is 104 g/mol. The summed E-state index contributed by atoms with van der Waals surface area (Å²) in [4.78, 5) is 0. The highest BCUT2D eigenvalue weighted by molar-refractivity contribution is 4.61. The van der Waals surface area contributed by atoms with Crippen molar-refractivity contribution in [2.45, 2.75) is 13.2 Å². The van der Waals surface area contributed by atoms with Gasteiger partial charge in [-0.3, -0.25) is 0 Å². The van der Waals surface area contributed by atoms with Crippen molar-refractivity contribution in [1.29, 1.82) is 0 Å². The Balaban J connectivity index is 2.24. The molecule has 2 heteroatoms. The zero-order valence-corrected chi connectivity index (χ0v) is 5.09. The van der Waals surface area contributed by atoms with Crippen molar-refractivity contribution in [3.05, 3.63) is 6.92 Å². The summed E-state index contributed by atoms with van der Waals surface area (Å²) >= 11 is 0. The molecule has 1 aliphatic rings. The second kappa shape index (κ2) is 2.46. The van der Waals surface area contributed by atoms with Gasteiger partial charge in [-0.2, -0.15) is 0 Å². The fourth-order valence-electron chi connectivity index (χ4n) is 0.705. The zero-order valence-electron chi connectivity index (χ0n) is 5.09. The van der Waals surface area contributed by atoms with Crippen molar-refractivity contribution in [3.8, 4) is 0 Å². The Labute approximate surface area is 49.8 Å². The molecule has 1 unspecified atom stereocenters. The van der Waals surface area contributed by atoms with Crippen LogP contribution in [0.1, 0.15) is 6.92 Å². The van der Waals surface area contributed by atoms with Gasteiger partial charge in [0.15, 0.2) is 6.29 Å². The molecule has 1 aliphatic heterocycles. The highest BCUT2D eigenvalue weighted by Crippen LogP contribution is 2.11. The van der Waals surface area contributed by atoms with E-state index in [1.807, 2.05) is 6.92 Å². The van der Waals surface area contributed by atoms with Gasteiger partial charge in [0.25, 0.3) is 0 Å². The normalized spacial score (nSPS) is 22.9. The maximum Gasteiger partial charge on any atom is 0.160 e. The van der Waals surface area contributed by atoms with Crippen LogP contribution in [0, 0.1) is 12.8 Å². The third-order valence-corrected chi connectivity index (χ3v) is 1.11. The molecule has 0 bridgehead atoms. The van der Waals surface area contributed by atoms with E-state index in [4.69, 9.17) is 9.47 Å². The molecule has 1 fully saturated rings. The molecule has 8 heavy (non-hydrogen) atoms. The average Bonchev–Trinajstić information content (AvgIpc) is 2.12. The Kier molecular flexibility index (Phi) is 1.86. The third kappa shape index (κ3) is 1.20. The summed E-state index contributed by atoms with van der Waals surface area (Å²) in [5.74, 6) is 0.248. The molecule has 1 heterocycles. The van der Waals surface area contributed by atoms with Gasteiger partial charge in [-0.25, -0.2) is 0 Å². The van der Waals surface area contributed by atoms with Gasteiger partial charge >= 0.3 is 0 Å². The molecule has 0 spiro atoms. The topological polar surface area (TPSA) is 18.5 Å². The fraction of sp³-hybridized carbons (Fsp3) is 0.833. The molecule has 0 aromatic carbocycles. The van der Waals surface area contributed by atoms with Crippen LogP contribution in [-0.4, -0.2) is 19.5 Å². The van der Waals surface area contributed by atoms with Gasteiger partial charge in [-0.15, -0.1) is 0 Å². The number of hydrogen-bond acceptors (Lipinski definition) is 2. The van der Waals surface area contributed by atoms with E-state index in [1.165, 1.54) is 0 Å². The summed E-state index contributed by atoms with van der Waals surface area (Å²) in [5.41, 5.74) is 0. The summed E-state index contributed by atoms with van der Waals surface area (Å²) in [6, 6.07) is 0. The lowest BCUT2D eigenvalue weighted by Crippen LogP contribution is -2.15. The van der Waals surface area contributed by atoms with Crippen molar-refractivity contribution in [1.82, 2.24) is 0 Å². The standard InChI is InChI=1S/C6H11O2/c1-5(2)6-7-3-4-8-6/h5-6H,1,3-4H2,2H3. The molecular formula is C6H11O2. The summed E-state index contributed by atoms with van der Waals surface area (Å²) in [6.45, 7) is 7.21. The van der Waals surface area contributed by atoms with Crippen LogP contribution in [0.25, 0.3) is 0 Å². The van der Waals surface area contributed by atoms with E-state index in [2.05, 4.69) is 6.92 Å². The summed E-state index contributed by atoms with van der Waals surface area (Å²) in [7, 11) is 0. The van der Waals surface area contributed by atoms with Crippen LogP contribution in [0.15, 0.2) is 0 Å². The van der Waals surface area contributed by atoms with Crippen molar-refractivity contribution in [2.75, 3.05) is 13.2 Å². The van der Waals surface area contributed by atoms with E-state index in [9.17, 15) is 0 Å². The Morgan fingerprint density at radius 2 is 2.00 bits per heavy atom. The predicted octanol–water partition coefficient (Wildman–Crippen LogP) is 0.829. The smallest absolute Gasteiger partial charge is 0.160 e. The largest absolute Gasteiger partial charge is 0.350 e. The van der Waals surface area contributed by atoms with E-state index in [-0.39, 0.29) is 12.2 Å². The van der Waals surface area contributed by atoms with Crippen molar-refractivity contribution >= 4 is 0 Å². The molecule has 2 nitrogen and oxygen atoms in total. The van der Waals surface area contributed by atoms with Crippen molar-refractivity contribution in [2.24, 2.45) is 5.92 Å². The molecule has 1 atom stereocenters. The van der Waals surface area contributed by atoms with Crippen LogP contribution in [-0.2, 0) is 9.47 Å². The number of rotatable bonds is 1. The van der Waals surface area contributed by atoms with E-state index in [0.717, 1.165) is 13.2 Å². The molecule has 0 aromatic heterocycles. The number of ether oxygens (including phenoxy) is 2. The Hall–Kier alpha value is -0.0800. The second-order valence-corrected chi connectivity index (χ2v) is 2.09. The van der Waals surface area contributed by atoms with Gasteiger partial charge in [0.1, 0.15) is 0 Å². The highest BCUT2D eigenvalue weighted by atomic mass is 16.7. The van der Waals surface area contributed by atoms with Crippen LogP contribution in [0.4, 0.5) is 0 Å². The monoisotopic (exact) mass is 115 g/mol. The summed E-state index contributed by atoms with van der Waals surface area (Å²) in [5, 5.41) is 0. The second-order valence-electron chi connectivity index (χ2n) is 2.09. The van der Waals surface area contributed by atoms with E-state index in [1.54, 1.807) is 0 Å². The third-order valence-electron chi connectivity index (χ3n) is 1.11. The predicted molar refractivity (Wildman–Crippen MR) is 30.2 cm³/mol. The quantitative estimate of drug-likeness (QED) is 0.504. The Bertz CT molecular complexity index is 64.9. The van der Waals surface area contributed by atoms with Crippen LogP contribution in [0.5, 0.6) is 0 Å². The van der Waals surface area contributed by atoms with Gasteiger partial charge in [0, 0.05) is 5.92 Å². The average molecular weight is 115 g/mol.